The van der Waals surface area contributed by atoms with Crippen LogP contribution >= 0.6 is 23.1 Å². The Balaban J connectivity index is 1.49. The number of likely N-dealkylation sites (tertiary alicyclic amines) is 1. The number of aliphatic imine (C=N–C) groups is 1. The number of amidine groups is 1. The zero-order valence-electron chi connectivity index (χ0n) is 17.2. The van der Waals surface area contributed by atoms with Crippen molar-refractivity contribution in [1.29, 1.82) is 0 Å². The summed E-state index contributed by atoms with van der Waals surface area (Å²) in [6, 6.07) is 1.67. The molecule has 9 heteroatoms. The predicted molar refractivity (Wildman–Crippen MR) is 120 cm³/mol. The molecule has 1 amide bonds. The second-order valence-corrected chi connectivity index (χ2v) is 9.13. The molecule has 1 aromatic heterocycles. The summed E-state index contributed by atoms with van der Waals surface area (Å²) in [5.41, 5.74) is 3.02. The maximum absolute atomic E-state index is 12.6. The Morgan fingerprint density at radius 3 is 2.83 bits per heavy atom. The van der Waals surface area contributed by atoms with Crippen molar-refractivity contribution in [1.82, 2.24) is 15.1 Å². The molecule has 3 aliphatic rings. The van der Waals surface area contributed by atoms with Gasteiger partial charge in [-0.05, 0) is 60.7 Å². The second-order valence-electron chi connectivity index (χ2n) is 7.52. The topological polar surface area (TPSA) is 74.2 Å². The van der Waals surface area contributed by atoms with Gasteiger partial charge < -0.3 is 19.9 Å². The van der Waals surface area contributed by atoms with Crippen molar-refractivity contribution in [3.05, 3.63) is 44.8 Å². The average Bonchev–Trinajstić information content (AvgIpc) is 3.49. The molecule has 1 N–H and O–H groups in total. The number of hydrogen-bond acceptors (Lipinski definition) is 8. The summed E-state index contributed by atoms with van der Waals surface area (Å²) in [5, 5.41) is 9.81. The average molecular weight is 447 g/mol. The van der Waals surface area contributed by atoms with Gasteiger partial charge in [-0.15, -0.1) is 0 Å². The fourth-order valence-electron chi connectivity index (χ4n) is 4.07. The van der Waals surface area contributed by atoms with Gasteiger partial charge in [0.25, 0.3) is 0 Å². The maximum Gasteiger partial charge on any atom is 0.338 e. The first kappa shape index (κ1) is 21.1. The van der Waals surface area contributed by atoms with E-state index in [1.807, 2.05) is 34.1 Å². The zero-order chi connectivity index (χ0) is 21.1. The van der Waals surface area contributed by atoms with Crippen LogP contribution in [0.2, 0.25) is 0 Å². The van der Waals surface area contributed by atoms with Crippen molar-refractivity contribution in [2.24, 2.45) is 4.99 Å². The van der Waals surface area contributed by atoms with Gasteiger partial charge in [-0.1, -0.05) is 11.8 Å². The Kier molecular flexibility index (Phi) is 6.60. The molecule has 1 atom stereocenters. The van der Waals surface area contributed by atoms with E-state index in [0.717, 1.165) is 36.1 Å². The Bertz CT molecular complexity index is 901. The number of carbonyl (C=O) groups excluding carboxylic acids is 2. The number of carbonyl (C=O) groups is 2. The highest BCUT2D eigenvalue weighted by Gasteiger charge is 2.41. The molecule has 0 spiro atoms. The molecule has 4 heterocycles. The first-order valence-electron chi connectivity index (χ1n) is 10.1. The van der Waals surface area contributed by atoms with Gasteiger partial charge in [0.15, 0.2) is 5.17 Å². The van der Waals surface area contributed by atoms with Crippen LogP contribution in [0.1, 0.15) is 37.8 Å². The van der Waals surface area contributed by atoms with Crippen molar-refractivity contribution >= 4 is 40.1 Å². The third-order valence-corrected chi connectivity index (χ3v) is 7.15. The summed E-state index contributed by atoms with van der Waals surface area (Å²) in [6.45, 7) is 5.62. The Morgan fingerprint density at radius 1 is 1.33 bits per heavy atom. The number of methoxy groups -OCH3 is 1. The van der Waals surface area contributed by atoms with E-state index in [9.17, 15) is 9.59 Å². The highest BCUT2D eigenvalue weighted by Crippen LogP contribution is 2.45. The van der Waals surface area contributed by atoms with Crippen LogP contribution < -0.4 is 5.32 Å². The van der Waals surface area contributed by atoms with Crippen LogP contribution in [-0.4, -0.2) is 60.1 Å². The molecule has 30 heavy (non-hydrogen) atoms. The zero-order valence-corrected chi connectivity index (χ0v) is 18.9. The van der Waals surface area contributed by atoms with E-state index < -0.39 is 5.97 Å². The number of fused-ring (bicyclic) bond motifs is 1. The van der Waals surface area contributed by atoms with Gasteiger partial charge in [0.1, 0.15) is 0 Å². The van der Waals surface area contributed by atoms with Gasteiger partial charge in [-0.2, -0.15) is 11.3 Å². The minimum atomic E-state index is -0.391. The summed E-state index contributed by atoms with van der Waals surface area (Å²) >= 11 is 3.07. The lowest BCUT2D eigenvalue weighted by Crippen LogP contribution is -2.38. The molecule has 0 radical (unpaired) electrons. The van der Waals surface area contributed by atoms with Crippen molar-refractivity contribution in [2.45, 2.75) is 32.2 Å². The Morgan fingerprint density at radius 2 is 2.13 bits per heavy atom. The second kappa shape index (κ2) is 9.36. The molecular formula is C21H26N4O3S2. The quantitative estimate of drug-likeness (QED) is 0.649. The van der Waals surface area contributed by atoms with Gasteiger partial charge >= 0.3 is 5.97 Å². The number of allylic oxidation sites excluding steroid dienone is 1. The molecular weight excluding hydrogens is 420 g/mol. The number of rotatable bonds is 7. The minimum absolute atomic E-state index is 0.0164. The smallest absolute Gasteiger partial charge is 0.338 e. The molecule has 160 valence electrons. The number of nitrogens with one attached hydrogen (secondary N) is 1. The number of thioether (sulfide) groups is 1. The Labute approximate surface area is 184 Å². The van der Waals surface area contributed by atoms with Gasteiger partial charge in [-0.25, -0.2) is 9.79 Å². The first-order valence-corrected chi connectivity index (χ1v) is 11.9. The normalized spacial score (nSPS) is 21.4. The van der Waals surface area contributed by atoms with E-state index in [4.69, 9.17) is 4.74 Å². The van der Waals surface area contributed by atoms with E-state index in [1.165, 1.54) is 31.7 Å². The number of nitrogens with zero attached hydrogens (tertiary/aromatic N) is 3. The minimum Gasteiger partial charge on any atom is -0.466 e. The molecule has 0 saturated carbocycles. The number of hydrogen-bond donors (Lipinski definition) is 1. The van der Waals surface area contributed by atoms with E-state index in [-0.39, 0.29) is 18.4 Å². The third-order valence-electron chi connectivity index (χ3n) is 5.56. The van der Waals surface area contributed by atoms with Crippen molar-refractivity contribution in [3.63, 3.8) is 0 Å². The van der Waals surface area contributed by atoms with Crippen LogP contribution in [0.5, 0.6) is 0 Å². The summed E-state index contributed by atoms with van der Waals surface area (Å²) in [6.07, 6.45) is 2.74. The fourth-order valence-corrected chi connectivity index (χ4v) is 5.72. The highest BCUT2D eigenvalue weighted by atomic mass is 32.2. The summed E-state index contributed by atoms with van der Waals surface area (Å²) < 4.78 is 5.06. The maximum atomic E-state index is 12.6. The highest BCUT2D eigenvalue weighted by molar-refractivity contribution is 8.16. The standard InChI is InChI=1S/C21H26N4O3S2/c1-14-18(20(27)28-2)19(15-5-10-29-12-15)25-16(13-30-21(25)23-14)11-17(26)22-6-9-24-7-3-4-8-24/h5,10,12-13,19H,3-4,6-9,11H2,1-2H3,(H,22,26)/t19-/m0/s1. The molecule has 0 bridgehead atoms. The van der Waals surface area contributed by atoms with Crippen LogP contribution in [0, 0.1) is 0 Å². The van der Waals surface area contributed by atoms with Crippen LogP contribution in [0.15, 0.2) is 44.2 Å². The van der Waals surface area contributed by atoms with Gasteiger partial charge in [0.2, 0.25) is 5.91 Å². The summed E-state index contributed by atoms with van der Waals surface area (Å²) in [4.78, 5) is 34.2. The van der Waals surface area contributed by atoms with Gasteiger partial charge in [0, 0.05) is 18.8 Å². The Hall–Kier alpha value is -2.10. The van der Waals surface area contributed by atoms with Crippen LogP contribution in [0.3, 0.4) is 0 Å². The lowest BCUT2D eigenvalue weighted by molar-refractivity contribution is -0.136. The third kappa shape index (κ3) is 4.33. The molecule has 7 nitrogen and oxygen atoms in total. The summed E-state index contributed by atoms with van der Waals surface area (Å²) in [7, 11) is 1.38. The van der Waals surface area contributed by atoms with E-state index >= 15 is 0 Å². The van der Waals surface area contributed by atoms with E-state index in [2.05, 4.69) is 15.2 Å². The summed E-state index contributed by atoms with van der Waals surface area (Å²) in [5.74, 6) is -0.407. The number of amides is 1. The largest absolute Gasteiger partial charge is 0.466 e. The molecule has 0 unspecified atom stereocenters. The fraction of sp³-hybridized carbons (Fsp3) is 0.476. The van der Waals surface area contributed by atoms with Crippen LogP contribution in [-0.2, 0) is 14.3 Å². The molecule has 1 fully saturated rings. The lowest BCUT2D eigenvalue weighted by atomic mass is 9.96. The monoisotopic (exact) mass is 446 g/mol. The van der Waals surface area contributed by atoms with Crippen molar-refractivity contribution < 1.29 is 14.3 Å². The number of esters is 1. The van der Waals surface area contributed by atoms with E-state index in [1.54, 1.807) is 11.3 Å². The SMILES string of the molecule is COC(=O)C1=C(C)N=C2SC=C(CC(=O)NCCN3CCCC3)N2[C@H]1c1ccsc1. The molecule has 1 saturated heterocycles. The molecule has 1 aromatic rings. The molecule has 0 aromatic carbocycles. The lowest BCUT2D eigenvalue weighted by Gasteiger charge is -2.35. The molecule has 3 aliphatic heterocycles. The van der Waals surface area contributed by atoms with Gasteiger partial charge in [0.05, 0.1) is 30.8 Å². The first-order chi connectivity index (χ1) is 14.6. The molecule has 0 aliphatic carbocycles. The van der Waals surface area contributed by atoms with Crippen LogP contribution in [0.4, 0.5) is 0 Å². The van der Waals surface area contributed by atoms with E-state index in [0.29, 0.717) is 17.8 Å². The number of thiophene rings is 1. The number of ether oxygens (including phenoxy) is 1. The molecule has 4 rings (SSSR count). The van der Waals surface area contributed by atoms with Crippen molar-refractivity contribution in [2.75, 3.05) is 33.3 Å². The van der Waals surface area contributed by atoms with Crippen LogP contribution in [0.25, 0.3) is 0 Å². The van der Waals surface area contributed by atoms with Gasteiger partial charge in [-0.3, -0.25) is 4.79 Å². The predicted octanol–water partition coefficient (Wildman–Crippen LogP) is 3.10. The van der Waals surface area contributed by atoms with Crippen molar-refractivity contribution in [3.8, 4) is 0 Å².